The third kappa shape index (κ3) is 2.27. The molecule has 16 heavy (non-hydrogen) atoms. The van der Waals surface area contributed by atoms with Crippen molar-refractivity contribution in [3.63, 3.8) is 0 Å². The lowest BCUT2D eigenvalue weighted by molar-refractivity contribution is 0.466. The van der Waals surface area contributed by atoms with Crippen molar-refractivity contribution in [2.45, 2.75) is 26.0 Å². The maximum atomic E-state index is 5.57. The van der Waals surface area contributed by atoms with E-state index >= 15 is 0 Å². The predicted molar refractivity (Wildman–Crippen MR) is 65.6 cm³/mol. The number of thioether (sulfide) groups is 1. The van der Waals surface area contributed by atoms with Crippen LogP contribution in [0.2, 0.25) is 0 Å². The smallest absolute Gasteiger partial charge is 0.276 e. The van der Waals surface area contributed by atoms with Crippen LogP contribution in [0.15, 0.2) is 27.8 Å². The normalized spacial score (nSPS) is 10.7. The molecule has 0 bridgehead atoms. The molecular formula is C12H14N2OS. The summed E-state index contributed by atoms with van der Waals surface area (Å²) in [6, 6.07) is 6.20. The van der Waals surface area contributed by atoms with Gasteiger partial charge in [0, 0.05) is 5.56 Å². The maximum absolute atomic E-state index is 5.57. The fourth-order valence-electron chi connectivity index (χ4n) is 1.55. The van der Waals surface area contributed by atoms with Gasteiger partial charge >= 0.3 is 0 Å². The third-order valence-corrected chi connectivity index (χ3v) is 2.99. The van der Waals surface area contributed by atoms with Crippen LogP contribution in [0.4, 0.5) is 0 Å². The molecule has 0 aliphatic rings. The van der Waals surface area contributed by atoms with E-state index in [-0.39, 0.29) is 0 Å². The predicted octanol–water partition coefficient (Wildman–Crippen LogP) is 3.47. The first kappa shape index (κ1) is 11.2. The molecule has 0 aliphatic heterocycles. The summed E-state index contributed by atoms with van der Waals surface area (Å²) in [7, 11) is 0. The summed E-state index contributed by atoms with van der Waals surface area (Å²) in [5, 5.41) is 8.69. The highest BCUT2D eigenvalue weighted by atomic mass is 32.2. The van der Waals surface area contributed by atoms with Crippen molar-refractivity contribution in [3.8, 4) is 11.5 Å². The minimum Gasteiger partial charge on any atom is -0.411 e. The lowest BCUT2D eigenvalue weighted by Crippen LogP contribution is -1.84. The average molecular weight is 234 g/mol. The first-order valence-corrected chi connectivity index (χ1v) is 6.23. The van der Waals surface area contributed by atoms with Gasteiger partial charge in [-0.1, -0.05) is 36.4 Å². The molecule has 0 spiro atoms. The number of hydrogen-bond acceptors (Lipinski definition) is 4. The SMILES string of the molecule is CCSc1nnc(-c2ccc(C)cc2C)o1. The quantitative estimate of drug-likeness (QED) is 0.762. The van der Waals surface area contributed by atoms with Crippen LogP contribution < -0.4 is 0 Å². The zero-order valence-corrected chi connectivity index (χ0v) is 10.5. The molecule has 0 N–H and O–H groups in total. The highest BCUT2D eigenvalue weighted by Crippen LogP contribution is 2.25. The number of aryl methyl sites for hydroxylation is 2. The third-order valence-electron chi connectivity index (χ3n) is 2.29. The van der Waals surface area contributed by atoms with Crippen molar-refractivity contribution in [1.82, 2.24) is 10.2 Å². The molecule has 0 saturated heterocycles. The van der Waals surface area contributed by atoms with E-state index in [9.17, 15) is 0 Å². The Labute approximate surface area is 99.3 Å². The van der Waals surface area contributed by atoms with E-state index in [0.29, 0.717) is 11.1 Å². The van der Waals surface area contributed by atoms with Gasteiger partial charge in [-0.05, 0) is 31.2 Å². The summed E-state index contributed by atoms with van der Waals surface area (Å²) in [4.78, 5) is 0. The molecule has 2 aromatic rings. The highest BCUT2D eigenvalue weighted by molar-refractivity contribution is 7.99. The maximum Gasteiger partial charge on any atom is 0.276 e. The average Bonchev–Trinajstić information content (AvgIpc) is 2.67. The van der Waals surface area contributed by atoms with Crippen molar-refractivity contribution >= 4 is 11.8 Å². The van der Waals surface area contributed by atoms with Crippen LogP contribution >= 0.6 is 11.8 Å². The molecule has 1 aromatic heterocycles. The van der Waals surface area contributed by atoms with Crippen LogP contribution in [0.3, 0.4) is 0 Å². The van der Waals surface area contributed by atoms with Crippen molar-refractivity contribution in [2.24, 2.45) is 0 Å². The van der Waals surface area contributed by atoms with Gasteiger partial charge in [-0.2, -0.15) is 0 Å². The van der Waals surface area contributed by atoms with Crippen molar-refractivity contribution in [2.75, 3.05) is 5.75 Å². The molecule has 0 saturated carbocycles. The van der Waals surface area contributed by atoms with Gasteiger partial charge in [-0.15, -0.1) is 10.2 Å². The van der Waals surface area contributed by atoms with Crippen LogP contribution in [0.25, 0.3) is 11.5 Å². The van der Waals surface area contributed by atoms with Gasteiger partial charge < -0.3 is 4.42 Å². The van der Waals surface area contributed by atoms with Gasteiger partial charge in [0.05, 0.1) is 0 Å². The van der Waals surface area contributed by atoms with E-state index < -0.39 is 0 Å². The molecule has 4 heteroatoms. The Morgan fingerprint density at radius 1 is 1.25 bits per heavy atom. The van der Waals surface area contributed by atoms with Crippen molar-refractivity contribution in [1.29, 1.82) is 0 Å². The van der Waals surface area contributed by atoms with E-state index in [1.54, 1.807) is 11.8 Å². The number of aromatic nitrogens is 2. The summed E-state index contributed by atoms with van der Waals surface area (Å²) in [5.74, 6) is 1.54. The molecule has 2 rings (SSSR count). The van der Waals surface area contributed by atoms with E-state index in [1.807, 2.05) is 6.07 Å². The first-order chi connectivity index (χ1) is 7.70. The monoisotopic (exact) mass is 234 g/mol. The van der Waals surface area contributed by atoms with Gasteiger partial charge in [-0.3, -0.25) is 0 Å². The van der Waals surface area contributed by atoms with E-state index in [0.717, 1.165) is 16.9 Å². The molecule has 1 heterocycles. The molecule has 0 unspecified atom stereocenters. The van der Waals surface area contributed by atoms with Gasteiger partial charge in [0.15, 0.2) is 0 Å². The lowest BCUT2D eigenvalue weighted by Gasteiger charge is -2.01. The molecule has 0 atom stereocenters. The standard InChI is InChI=1S/C12H14N2OS/c1-4-16-12-14-13-11(15-12)10-6-5-8(2)7-9(10)3/h5-7H,4H2,1-3H3. The second-order valence-electron chi connectivity index (χ2n) is 3.62. The Balaban J connectivity index is 2.35. The number of nitrogens with zero attached hydrogens (tertiary/aromatic N) is 2. The number of hydrogen-bond donors (Lipinski definition) is 0. The van der Waals surface area contributed by atoms with Gasteiger partial charge in [-0.25, -0.2) is 0 Å². The minimum absolute atomic E-state index is 0.605. The molecule has 1 aromatic carbocycles. The summed E-state index contributed by atoms with van der Waals surface area (Å²) in [6.45, 7) is 6.19. The van der Waals surface area contributed by atoms with Crippen molar-refractivity contribution < 1.29 is 4.42 Å². The zero-order chi connectivity index (χ0) is 11.5. The molecule has 84 valence electrons. The Morgan fingerprint density at radius 2 is 2.06 bits per heavy atom. The molecular weight excluding hydrogens is 220 g/mol. The van der Waals surface area contributed by atoms with Crippen LogP contribution in [-0.2, 0) is 0 Å². The zero-order valence-electron chi connectivity index (χ0n) is 9.65. The van der Waals surface area contributed by atoms with Crippen LogP contribution in [-0.4, -0.2) is 16.0 Å². The Hall–Kier alpha value is -1.29. The second kappa shape index (κ2) is 4.70. The fraction of sp³-hybridized carbons (Fsp3) is 0.333. The summed E-state index contributed by atoms with van der Waals surface area (Å²) in [5.41, 5.74) is 3.42. The Bertz CT molecular complexity index is 494. The minimum atomic E-state index is 0.605. The van der Waals surface area contributed by atoms with E-state index in [1.165, 1.54) is 5.56 Å². The van der Waals surface area contributed by atoms with Gasteiger partial charge in [0.2, 0.25) is 5.89 Å². The molecule has 3 nitrogen and oxygen atoms in total. The first-order valence-electron chi connectivity index (χ1n) is 5.24. The molecule has 0 fully saturated rings. The van der Waals surface area contributed by atoms with Crippen molar-refractivity contribution in [3.05, 3.63) is 29.3 Å². The Morgan fingerprint density at radius 3 is 2.75 bits per heavy atom. The van der Waals surface area contributed by atoms with Crippen LogP contribution in [0, 0.1) is 13.8 Å². The van der Waals surface area contributed by atoms with Gasteiger partial charge in [0.1, 0.15) is 0 Å². The number of rotatable bonds is 3. The highest BCUT2D eigenvalue weighted by Gasteiger charge is 2.10. The molecule has 0 aliphatic carbocycles. The van der Waals surface area contributed by atoms with Gasteiger partial charge in [0.25, 0.3) is 5.22 Å². The molecule has 0 amide bonds. The van der Waals surface area contributed by atoms with Crippen LogP contribution in [0.1, 0.15) is 18.1 Å². The van der Waals surface area contributed by atoms with Crippen LogP contribution in [0.5, 0.6) is 0 Å². The van der Waals surface area contributed by atoms with E-state index in [2.05, 4.69) is 43.1 Å². The Kier molecular flexibility index (Phi) is 3.29. The van der Waals surface area contributed by atoms with E-state index in [4.69, 9.17) is 4.42 Å². The second-order valence-corrected chi connectivity index (χ2v) is 4.84. The largest absolute Gasteiger partial charge is 0.411 e. The molecule has 0 radical (unpaired) electrons. The summed E-state index contributed by atoms with van der Waals surface area (Å²) < 4.78 is 5.57. The number of benzene rings is 1. The summed E-state index contributed by atoms with van der Waals surface area (Å²) in [6.07, 6.45) is 0. The fourth-order valence-corrected chi connectivity index (χ4v) is 2.04. The topological polar surface area (TPSA) is 38.9 Å². The summed E-state index contributed by atoms with van der Waals surface area (Å²) >= 11 is 1.56. The lowest BCUT2D eigenvalue weighted by atomic mass is 10.1.